The number of hydrogen-bond donors (Lipinski definition) is 0. The molecule has 0 spiro atoms. The standard InChI is InChI=1S/C24H25NO2S/c1-16-6-9-22-20(11-16)5-4-10-25(22)24(26)23-13-19(15-28-23)14-27-21-8-7-17(2)18(3)12-21/h6-9,11-13,15H,4-5,10,14H2,1-3H3. The first-order valence-corrected chi connectivity index (χ1v) is 10.6. The summed E-state index contributed by atoms with van der Waals surface area (Å²) in [7, 11) is 0. The van der Waals surface area contributed by atoms with E-state index >= 15 is 0 Å². The molecule has 1 amide bonds. The van der Waals surface area contributed by atoms with Crippen molar-refractivity contribution in [3.05, 3.63) is 80.5 Å². The number of anilines is 1. The number of benzene rings is 2. The lowest BCUT2D eigenvalue weighted by atomic mass is 9.99. The van der Waals surface area contributed by atoms with Gasteiger partial charge in [0, 0.05) is 17.8 Å². The van der Waals surface area contributed by atoms with Gasteiger partial charge in [0.05, 0.1) is 4.88 Å². The molecule has 0 saturated heterocycles. The van der Waals surface area contributed by atoms with Crippen LogP contribution in [-0.4, -0.2) is 12.5 Å². The highest BCUT2D eigenvalue weighted by molar-refractivity contribution is 7.12. The number of carbonyl (C=O) groups is 1. The molecule has 4 rings (SSSR count). The highest BCUT2D eigenvalue weighted by atomic mass is 32.1. The molecule has 2 heterocycles. The first-order chi connectivity index (χ1) is 13.5. The molecule has 4 heteroatoms. The Bertz CT molecular complexity index is 1020. The molecule has 144 valence electrons. The number of thiophene rings is 1. The van der Waals surface area contributed by atoms with Crippen molar-refractivity contribution in [2.24, 2.45) is 0 Å². The van der Waals surface area contributed by atoms with E-state index in [1.807, 2.05) is 22.4 Å². The second kappa shape index (κ2) is 7.80. The van der Waals surface area contributed by atoms with E-state index in [9.17, 15) is 4.79 Å². The highest BCUT2D eigenvalue weighted by Crippen LogP contribution is 2.30. The molecule has 3 aromatic rings. The molecule has 1 aliphatic rings. The lowest BCUT2D eigenvalue weighted by molar-refractivity contribution is 0.0989. The van der Waals surface area contributed by atoms with E-state index in [4.69, 9.17) is 4.74 Å². The van der Waals surface area contributed by atoms with Crippen molar-refractivity contribution >= 4 is 22.9 Å². The number of nitrogens with zero attached hydrogens (tertiary/aromatic N) is 1. The van der Waals surface area contributed by atoms with Gasteiger partial charge < -0.3 is 9.64 Å². The molecule has 1 aliphatic heterocycles. The SMILES string of the molecule is Cc1ccc2c(c1)CCCN2C(=O)c1cc(COc2ccc(C)c(C)c2)cs1. The predicted octanol–water partition coefficient (Wildman–Crippen LogP) is 5.85. The zero-order valence-corrected chi connectivity index (χ0v) is 17.4. The van der Waals surface area contributed by atoms with Crippen LogP contribution in [0, 0.1) is 20.8 Å². The fourth-order valence-corrected chi connectivity index (χ4v) is 4.45. The van der Waals surface area contributed by atoms with Gasteiger partial charge in [0.15, 0.2) is 0 Å². The molecule has 0 unspecified atom stereocenters. The van der Waals surface area contributed by atoms with Gasteiger partial charge in [-0.1, -0.05) is 23.8 Å². The number of rotatable bonds is 4. The summed E-state index contributed by atoms with van der Waals surface area (Å²) in [5.74, 6) is 0.953. The molecule has 0 fully saturated rings. The van der Waals surface area contributed by atoms with Gasteiger partial charge in [-0.05, 0) is 79.9 Å². The Labute approximate surface area is 170 Å². The summed E-state index contributed by atoms with van der Waals surface area (Å²) in [6.07, 6.45) is 2.05. The number of amides is 1. The van der Waals surface area contributed by atoms with Crippen molar-refractivity contribution in [3.8, 4) is 5.75 Å². The number of fused-ring (bicyclic) bond motifs is 1. The van der Waals surface area contributed by atoms with Crippen molar-refractivity contribution < 1.29 is 9.53 Å². The fourth-order valence-electron chi connectivity index (χ4n) is 3.60. The van der Waals surface area contributed by atoms with Gasteiger partial charge in [-0.15, -0.1) is 11.3 Å². The molecular weight excluding hydrogens is 366 g/mol. The van der Waals surface area contributed by atoms with E-state index in [0.717, 1.165) is 41.3 Å². The maximum absolute atomic E-state index is 13.1. The van der Waals surface area contributed by atoms with Crippen LogP contribution < -0.4 is 9.64 Å². The average Bonchev–Trinajstić information content (AvgIpc) is 3.16. The molecule has 0 N–H and O–H groups in total. The van der Waals surface area contributed by atoms with E-state index in [2.05, 4.69) is 51.1 Å². The monoisotopic (exact) mass is 391 g/mol. The topological polar surface area (TPSA) is 29.5 Å². The third-order valence-corrected chi connectivity index (χ3v) is 6.31. The van der Waals surface area contributed by atoms with E-state index in [1.54, 1.807) is 0 Å². The number of aryl methyl sites for hydroxylation is 4. The van der Waals surface area contributed by atoms with Crippen LogP contribution in [0.1, 0.15) is 43.9 Å². The Morgan fingerprint density at radius 2 is 1.93 bits per heavy atom. The summed E-state index contributed by atoms with van der Waals surface area (Å²) in [5, 5.41) is 2.02. The first kappa shape index (κ1) is 18.8. The van der Waals surface area contributed by atoms with Crippen LogP contribution in [-0.2, 0) is 13.0 Å². The summed E-state index contributed by atoms with van der Waals surface area (Å²) in [4.78, 5) is 15.8. The maximum atomic E-state index is 13.1. The fraction of sp³-hybridized carbons (Fsp3) is 0.292. The number of carbonyl (C=O) groups excluding carboxylic acids is 1. The molecule has 28 heavy (non-hydrogen) atoms. The lowest BCUT2D eigenvalue weighted by Crippen LogP contribution is -2.35. The third-order valence-electron chi connectivity index (χ3n) is 5.35. The van der Waals surface area contributed by atoms with Gasteiger partial charge in [-0.3, -0.25) is 4.79 Å². The predicted molar refractivity (Wildman–Crippen MR) is 116 cm³/mol. The van der Waals surface area contributed by atoms with Gasteiger partial charge in [0.2, 0.25) is 0 Å². The average molecular weight is 392 g/mol. The summed E-state index contributed by atoms with van der Waals surface area (Å²) >= 11 is 1.50. The number of ether oxygens (including phenoxy) is 1. The van der Waals surface area contributed by atoms with Crippen molar-refractivity contribution in [1.82, 2.24) is 0 Å². The Hall–Kier alpha value is -2.59. The summed E-state index contributed by atoms with van der Waals surface area (Å²) < 4.78 is 5.92. The molecule has 0 atom stereocenters. The molecule has 1 aromatic heterocycles. The van der Waals surface area contributed by atoms with Gasteiger partial charge >= 0.3 is 0 Å². The Kier molecular flexibility index (Phi) is 5.23. The van der Waals surface area contributed by atoms with Crippen molar-refractivity contribution in [2.45, 2.75) is 40.2 Å². The summed E-state index contributed by atoms with van der Waals surface area (Å²) in [6.45, 7) is 7.53. The molecular formula is C24H25NO2S. The minimum absolute atomic E-state index is 0.0900. The van der Waals surface area contributed by atoms with Gasteiger partial charge in [0.1, 0.15) is 12.4 Å². The number of hydrogen-bond acceptors (Lipinski definition) is 3. The van der Waals surface area contributed by atoms with Crippen LogP contribution in [0.4, 0.5) is 5.69 Å². The lowest BCUT2D eigenvalue weighted by Gasteiger charge is -2.29. The van der Waals surface area contributed by atoms with Crippen LogP contribution in [0.3, 0.4) is 0 Å². The summed E-state index contributed by atoms with van der Waals surface area (Å²) in [6, 6.07) is 14.5. The zero-order chi connectivity index (χ0) is 19.7. The van der Waals surface area contributed by atoms with Crippen molar-refractivity contribution in [2.75, 3.05) is 11.4 Å². The van der Waals surface area contributed by atoms with Gasteiger partial charge in [-0.2, -0.15) is 0 Å². The minimum atomic E-state index is 0.0900. The molecule has 0 aliphatic carbocycles. The highest BCUT2D eigenvalue weighted by Gasteiger charge is 2.24. The van der Waals surface area contributed by atoms with Crippen LogP contribution >= 0.6 is 11.3 Å². The van der Waals surface area contributed by atoms with Crippen molar-refractivity contribution in [3.63, 3.8) is 0 Å². The van der Waals surface area contributed by atoms with E-state index in [0.29, 0.717) is 6.61 Å². The summed E-state index contributed by atoms with van der Waals surface area (Å²) in [5.41, 5.74) is 7.09. The first-order valence-electron chi connectivity index (χ1n) is 9.70. The van der Waals surface area contributed by atoms with Gasteiger partial charge in [0.25, 0.3) is 5.91 Å². The second-order valence-electron chi connectivity index (χ2n) is 7.55. The van der Waals surface area contributed by atoms with E-state index < -0.39 is 0 Å². The quantitative estimate of drug-likeness (QED) is 0.559. The Morgan fingerprint density at radius 1 is 1.07 bits per heavy atom. The largest absolute Gasteiger partial charge is 0.489 e. The Balaban J connectivity index is 1.47. The molecule has 0 radical (unpaired) electrons. The van der Waals surface area contributed by atoms with Gasteiger partial charge in [-0.25, -0.2) is 0 Å². The van der Waals surface area contributed by atoms with Crippen LogP contribution in [0.25, 0.3) is 0 Å². The van der Waals surface area contributed by atoms with Crippen molar-refractivity contribution in [1.29, 1.82) is 0 Å². The Morgan fingerprint density at radius 3 is 2.75 bits per heavy atom. The minimum Gasteiger partial charge on any atom is -0.489 e. The smallest absolute Gasteiger partial charge is 0.268 e. The zero-order valence-electron chi connectivity index (χ0n) is 16.6. The van der Waals surface area contributed by atoms with Crippen LogP contribution in [0.2, 0.25) is 0 Å². The third kappa shape index (κ3) is 3.83. The second-order valence-corrected chi connectivity index (χ2v) is 8.46. The van der Waals surface area contributed by atoms with E-state index in [-0.39, 0.29) is 5.91 Å². The normalized spacial score (nSPS) is 13.3. The molecule has 2 aromatic carbocycles. The van der Waals surface area contributed by atoms with Crippen LogP contribution in [0.15, 0.2) is 47.8 Å². The molecule has 0 bridgehead atoms. The van der Waals surface area contributed by atoms with E-state index in [1.165, 1.54) is 33.6 Å². The van der Waals surface area contributed by atoms with Crippen LogP contribution in [0.5, 0.6) is 5.75 Å². The molecule has 0 saturated carbocycles. The molecule has 3 nitrogen and oxygen atoms in total. The maximum Gasteiger partial charge on any atom is 0.268 e.